The molecule has 1 spiro atoms. The van der Waals surface area contributed by atoms with Crippen LogP contribution in [-0.2, 0) is 28.1 Å². The number of aliphatic hydroxyl groups excluding tert-OH is 1. The molecule has 10 heteroatoms. The third-order valence-electron chi connectivity index (χ3n) is 6.27. The van der Waals surface area contributed by atoms with E-state index in [1.54, 1.807) is 42.2 Å². The number of fused-ring (bicyclic) bond motifs is 2. The molecule has 1 fully saturated rings. The molecule has 162 valence electrons. The van der Waals surface area contributed by atoms with Crippen molar-refractivity contribution in [1.29, 1.82) is 0 Å². The maximum atomic E-state index is 15.5. The Labute approximate surface area is 180 Å². The van der Waals surface area contributed by atoms with Crippen molar-refractivity contribution in [3.8, 4) is 0 Å². The number of aryl methyl sites for hydroxylation is 1. The molecule has 2 N–H and O–H groups in total. The number of nitrogens with zero attached hydrogens (tertiary/aromatic N) is 3. The minimum atomic E-state index is -3.17. The highest BCUT2D eigenvalue weighted by atomic mass is 35.5. The summed E-state index contributed by atoms with van der Waals surface area (Å²) in [7, 11) is -3.17. The zero-order valence-electron chi connectivity index (χ0n) is 17.2. The van der Waals surface area contributed by atoms with Gasteiger partial charge in [0.2, 0.25) is 8.41 Å². The molecule has 2 aliphatic rings. The lowest BCUT2D eigenvalue weighted by Gasteiger charge is -2.30. The highest BCUT2D eigenvalue weighted by Crippen LogP contribution is 2.59. The maximum Gasteiger partial charge on any atom is 0.261 e. The van der Waals surface area contributed by atoms with Gasteiger partial charge in [-0.2, -0.15) is 0 Å². The van der Waals surface area contributed by atoms with Crippen molar-refractivity contribution in [2.24, 2.45) is 5.92 Å². The normalized spacial score (nSPS) is 28.2. The van der Waals surface area contributed by atoms with Crippen LogP contribution < -0.4 is 5.32 Å². The van der Waals surface area contributed by atoms with Crippen LogP contribution in [0.5, 0.6) is 0 Å². The third-order valence-corrected chi connectivity index (χ3v) is 8.97. The van der Waals surface area contributed by atoms with E-state index in [4.69, 9.17) is 21.4 Å². The molecule has 0 radical (unpaired) electrons. The average molecular weight is 453 g/mol. The number of carbonyl (C=O) groups is 1. The van der Waals surface area contributed by atoms with Crippen LogP contribution >= 0.6 is 11.6 Å². The first kappa shape index (κ1) is 21.4. The molecule has 3 heterocycles. The van der Waals surface area contributed by atoms with Gasteiger partial charge < -0.3 is 19.3 Å². The van der Waals surface area contributed by atoms with E-state index in [9.17, 15) is 4.79 Å². The van der Waals surface area contributed by atoms with Gasteiger partial charge in [0.1, 0.15) is 0 Å². The summed E-state index contributed by atoms with van der Waals surface area (Å²) in [4.78, 5) is 13.1. The molecule has 0 bridgehead atoms. The number of benzene rings is 1. The Balaban J connectivity index is 1.64. The van der Waals surface area contributed by atoms with Crippen LogP contribution in [0.15, 0.2) is 24.4 Å². The Morgan fingerprint density at radius 3 is 2.90 bits per heavy atom. The molecule has 2 aromatic rings. The number of hydrogen-bond acceptors (Lipinski definition) is 5. The van der Waals surface area contributed by atoms with E-state index in [1.165, 1.54) is 0 Å². The molecule has 2 aliphatic heterocycles. The average Bonchev–Trinajstić information content (AvgIpc) is 3.31. The van der Waals surface area contributed by atoms with Crippen LogP contribution in [0.3, 0.4) is 0 Å². The zero-order chi connectivity index (χ0) is 21.7. The molecule has 7 nitrogen and oxygen atoms in total. The second-order valence-electron chi connectivity index (χ2n) is 8.65. The molecule has 1 amide bonds. The van der Waals surface area contributed by atoms with Gasteiger partial charge in [-0.3, -0.25) is 9.48 Å². The molecule has 1 aromatic carbocycles. The van der Waals surface area contributed by atoms with Crippen molar-refractivity contribution in [2.75, 3.05) is 11.9 Å². The second kappa shape index (κ2) is 7.71. The quantitative estimate of drug-likeness (QED) is 0.518. The van der Waals surface area contributed by atoms with Gasteiger partial charge in [-0.25, -0.2) is 0 Å². The van der Waals surface area contributed by atoms with Crippen LogP contribution in [0.2, 0.25) is 23.7 Å². The molecule has 0 unspecified atom stereocenters. The monoisotopic (exact) mass is 452 g/mol. The van der Waals surface area contributed by atoms with Gasteiger partial charge in [0.15, 0.2) is 5.60 Å². The predicted molar refractivity (Wildman–Crippen MR) is 114 cm³/mol. The molecular weight excluding hydrogens is 427 g/mol. The zero-order valence-corrected chi connectivity index (χ0v) is 19.0. The molecule has 0 saturated carbocycles. The van der Waals surface area contributed by atoms with Crippen LogP contribution in [-0.4, -0.2) is 47.1 Å². The smallest absolute Gasteiger partial charge is 0.261 e. The highest BCUT2D eigenvalue weighted by Gasteiger charge is 2.65. The van der Waals surface area contributed by atoms with Crippen LogP contribution in [0, 0.1) is 5.92 Å². The van der Waals surface area contributed by atoms with E-state index in [-0.39, 0.29) is 24.0 Å². The molecule has 30 heavy (non-hydrogen) atoms. The number of rotatable bonds is 6. The van der Waals surface area contributed by atoms with E-state index in [2.05, 4.69) is 15.6 Å². The fraction of sp³-hybridized carbons (Fsp3) is 0.550. The summed E-state index contributed by atoms with van der Waals surface area (Å²) in [5.41, 5.74) is 0.443. The maximum absolute atomic E-state index is 15.5. The number of hydrogen-bond donors (Lipinski definition) is 2. The summed E-state index contributed by atoms with van der Waals surface area (Å²) in [6.45, 7) is 5.74. The SMILES string of the molecule is C[C@H]1[C@H]([Si](C)(C)F)[C@@H](CCn2cc(CCO)nn2)O[C@]12C(=O)Nc1ccc(Cl)cc12. The summed E-state index contributed by atoms with van der Waals surface area (Å²) < 4.78 is 23.6. The van der Waals surface area contributed by atoms with E-state index < -0.39 is 20.1 Å². The minimum absolute atomic E-state index is 0.00522. The molecular formula is C20H26ClFN4O3Si. The first-order valence-electron chi connectivity index (χ1n) is 10.1. The first-order chi connectivity index (χ1) is 14.2. The van der Waals surface area contributed by atoms with Crippen molar-refractivity contribution >= 4 is 31.6 Å². The Hall–Kier alpha value is -1.81. The van der Waals surface area contributed by atoms with Gasteiger partial charge in [0, 0.05) is 53.5 Å². The number of ether oxygens (including phenoxy) is 1. The number of carbonyl (C=O) groups excluding carboxylic acids is 1. The number of anilines is 1. The number of halogens is 2. The van der Waals surface area contributed by atoms with E-state index in [1.807, 2.05) is 6.92 Å². The Morgan fingerprint density at radius 1 is 1.43 bits per heavy atom. The number of nitrogens with one attached hydrogen (secondary N) is 1. The summed E-state index contributed by atoms with van der Waals surface area (Å²) in [5, 5.41) is 20.5. The van der Waals surface area contributed by atoms with Gasteiger partial charge >= 0.3 is 0 Å². The summed E-state index contributed by atoms with van der Waals surface area (Å²) in [6, 6.07) is 5.23. The molecule has 1 aromatic heterocycles. The lowest BCUT2D eigenvalue weighted by molar-refractivity contribution is -0.143. The van der Waals surface area contributed by atoms with Crippen LogP contribution in [0.4, 0.5) is 9.80 Å². The highest BCUT2D eigenvalue weighted by molar-refractivity contribution is 6.72. The number of aromatic nitrogens is 3. The van der Waals surface area contributed by atoms with Gasteiger partial charge in [-0.15, -0.1) is 5.10 Å². The van der Waals surface area contributed by atoms with Crippen LogP contribution in [0.1, 0.15) is 24.6 Å². The van der Waals surface area contributed by atoms with Gasteiger partial charge in [-0.1, -0.05) is 23.7 Å². The molecule has 0 aliphatic carbocycles. The fourth-order valence-corrected chi connectivity index (χ4v) is 7.76. The summed E-state index contributed by atoms with van der Waals surface area (Å²) in [5.74, 6) is -0.599. The Bertz CT molecular complexity index is 966. The molecule has 1 saturated heterocycles. The molecule has 4 rings (SSSR count). The predicted octanol–water partition coefficient (Wildman–Crippen LogP) is 3.28. The van der Waals surface area contributed by atoms with E-state index in [0.29, 0.717) is 41.4 Å². The number of amides is 1. The second-order valence-corrected chi connectivity index (χ2v) is 12.9. The molecule has 4 atom stereocenters. The lowest BCUT2D eigenvalue weighted by atomic mass is 9.82. The van der Waals surface area contributed by atoms with Gasteiger partial charge in [0.25, 0.3) is 5.91 Å². The lowest BCUT2D eigenvalue weighted by Crippen LogP contribution is -2.41. The first-order valence-corrected chi connectivity index (χ1v) is 13.5. The Morgan fingerprint density at radius 2 is 2.20 bits per heavy atom. The van der Waals surface area contributed by atoms with Crippen molar-refractivity contribution in [2.45, 2.75) is 56.7 Å². The van der Waals surface area contributed by atoms with E-state index in [0.717, 1.165) is 0 Å². The minimum Gasteiger partial charge on any atom is -0.396 e. The van der Waals surface area contributed by atoms with Crippen molar-refractivity contribution in [1.82, 2.24) is 15.0 Å². The van der Waals surface area contributed by atoms with Crippen molar-refractivity contribution in [3.05, 3.63) is 40.7 Å². The van der Waals surface area contributed by atoms with Crippen molar-refractivity contribution < 1.29 is 18.7 Å². The fourth-order valence-electron chi connectivity index (χ4n) is 5.04. The van der Waals surface area contributed by atoms with Crippen LogP contribution in [0.25, 0.3) is 0 Å². The summed E-state index contributed by atoms with van der Waals surface area (Å²) in [6.07, 6.45) is 2.27. The topological polar surface area (TPSA) is 89.3 Å². The number of aliphatic hydroxyl groups is 1. The largest absolute Gasteiger partial charge is 0.396 e. The van der Waals surface area contributed by atoms with Gasteiger partial charge in [0.05, 0.1) is 11.8 Å². The Kier molecular flexibility index (Phi) is 5.50. The van der Waals surface area contributed by atoms with E-state index >= 15 is 4.11 Å². The standard InChI is InChI=1S/C20H26ClFN4O3Si/c1-12-18(30(2,3)22)17(6-8-26-11-14(7-9-27)24-25-26)29-20(12)15-10-13(21)4-5-16(15)23-19(20)28/h4-5,10-12,17-18,27H,6-9H2,1-3H3,(H,23,28)/t12-,17+,18-,20+/m0/s1. The van der Waals surface area contributed by atoms with Gasteiger partial charge in [-0.05, 0) is 37.7 Å². The van der Waals surface area contributed by atoms with Crippen molar-refractivity contribution in [3.63, 3.8) is 0 Å². The third kappa shape index (κ3) is 3.47. The summed E-state index contributed by atoms with van der Waals surface area (Å²) >= 11 is 6.22.